The van der Waals surface area contributed by atoms with Crippen LogP contribution in [0.25, 0.3) is 0 Å². The zero-order valence-electron chi connectivity index (χ0n) is 20.6. The topological polar surface area (TPSA) is 47.6 Å². The van der Waals surface area contributed by atoms with Gasteiger partial charge in [0.1, 0.15) is 0 Å². The quantitative estimate of drug-likeness (QED) is 0.624. The van der Waals surface area contributed by atoms with Crippen molar-refractivity contribution in [2.45, 2.75) is 49.5 Å². The molecule has 0 aromatic heterocycles. The van der Waals surface area contributed by atoms with E-state index in [-0.39, 0.29) is 29.7 Å². The lowest BCUT2D eigenvalue weighted by Crippen LogP contribution is -2.80. The smallest absolute Gasteiger partial charge is 0.171 e. The van der Waals surface area contributed by atoms with E-state index in [0.29, 0.717) is 17.6 Å². The third kappa shape index (κ3) is 2.95. The maximum absolute atomic E-state index is 13.8. The van der Waals surface area contributed by atoms with Crippen molar-refractivity contribution in [2.75, 3.05) is 31.6 Å². The van der Waals surface area contributed by atoms with Gasteiger partial charge in [-0.05, 0) is 63.5 Å². The van der Waals surface area contributed by atoms with E-state index in [1.165, 1.54) is 36.9 Å². The Bertz CT molecular complexity index is 1150. The third-order valence-corrected chi connectivity index (χ3v) is 9.76. The maximum Gasteiger partial charge on any atom is 0.171 e. The minimum atomic E-state index is -0.0946. The largest absolute Gasteiger partial charge is 0.340 e. The SMILES string of the molecule is CN1CCCC2C1N(c1ccccc1)C1NCCCC1C21c2ccccc2C(=O)C2C=CCNC21. The molecule has 0 bridgehead atoms. The molecule has 2 aromatic carbocycles. The van der Waals surface area contributed by atoms with Crippen LogP contribution in [0.5, 0.6) is 0 Å². The number of para-hydroxylation sites is 1. The summed E-state index contributed by atoms with van der Waals surface area (Å²) in [6, 6.07) is 19.8. The molecule has 2 N–H and O–H groups in total. The van der Waals surface area contributed by atoms with Crippen LogP contribution in [0.2, 0.25) is 0 Å². The zero-order chi connectivity index (χ0) is 23.6. The molecule has 1 aliphatic carbocycles. The average molecular weight is 469 g/mol. The number of likely N-dealkylation sites (tertiary alicyclic amines) is 1. The number of rotatable bonds is 1. The third-order valence-electron chi connectivity index (χ3n) is 9.76. The Morgan fingerprint density at radius 3 is 2.63 bits per heavy atom. The van der Waals surface area contributed by atoms with Gasteiger partial charge in [0.15, 0.2) is 5.78 Å². The second kappa shape index (κ2) is 8.29. The van der Waals surface area contributed by atoms with Gasteiger partial charge in [0.25, 0.3) is 0 Å². The highest BCUT2D eigenvalue weighted by Crippen LogP contribution is 2.60. The second-order valence-corrected chi connectivity index (χ2v) is 11.2. The molecule has 5 heteroatoms. The van der Waals surface area contributed by atoms with Gasteiger partial charge in [-0.3, -0.25) is 15.0 Å². The van der Waals surface area contributed by atoms with Crippen molar-refractivity contribution in [3.05, 3.63) is 77.9 Å². The van der Waals surface area contributed by atoms with Crippen molar-refractivity contribution in [2.24, 2.45) is 17.8 Å². The van der Waals surface area contributed by atoms with Crippen LogP contribution in [0.15, 0.2) is 66.7 Å². The first-order chi connectivity index (χ1) is 17.2. The molecule has 4 heterocycles. The van der Waals surface area contributed by atoms with Gasteiger partial charge >= 0.3 is 0 Å². The summed E-state index contributed by atoms with van der Waals surface area (Å²) in [7, 11) is 2.31. The van der Waals surface area contributed by atoms with Gasteiger partial charge < -0.3 is 10.2 Å². The van der Waals surface area contributed by atoms with E-state index in [2.05, 4.69) is 94.2 Å². The molecule has 35 heavy (non-hydrogen) atoms. The van der Waals surface area contributed by atoms with Crippen LogP contribution in [-0.4, -0.2) is 55.7 Å². The van der Waals surface area contributed by atoms with Crippen molar-refractivity contribution in [3.63, 3.8) is 0 Å². The molecule has 7 rings (SSSR count). The van der Waals surface area contributed by atoms with E-state index >= 15 is 0 Å². The summed E-state index contributed by atoms with van der Waals surface area (Å²) in [4.78, 5) is 19.1. The fourth-order valence-corrected chi connectivity index (χ4v) is 8.69. The van der Waals surface area contributed by atoms with E-state index in [1.807, 2.05) is 0 Å². The van der Waals surface area contributed by atoms with E-state index < -0.39 is 0 Å². The number of nitrogens with zero attached hydrogens (tertiary/aromatic N) is 2. The van der Waals surface area contributed by atoms with Crippen LogP contribution in [0.1, 0.15) is 41.6 Å². The number of fused-ring (bicyclic) bond motifs is 8. The van der Waals surface area contributed by atoms with Crippen LogP contribution in [0.4, 0.5) is 5.69 Å². The van der Waals surface area contributed by atoms with Gasteiger partial charge in [-0.1, -0.05) is 54.6 Å². The number of hydrogen-bond donors (Lipinski definition) is 2. The van der Waals surface area contributed by atoms with Crippen molar-refractivity contribution >= 4 is 11.5 Å². The van der Waals surface area contributed by atoms with Crippen molar-refractivity contribution < 1.29 is 4.79 Å². The fourth-order valence-electron chi connectivity index (χ4n) is 8.69. The molecule has 5 aliphatic rings. The molecule has 3 saturated heterocycles. The number of Topliss-reactive ketones (excluding diaryl/α,β-unsaturated/α-hetero) is 1. The summed E-state index contributed by atoms with van der Waals surface area (Å²) < 4.78 is 0. The van der Waals surface area contributed by atoms with E-state index in [9.17, 15) is 4.79 Å². The van der Waals surface area contributed by atoms with Crippen LogP contribution < -0.4 is 15.5 Å². The minimum Gasteiger partial charge on any atom is -0.340 e. The number of carbonyl (C=O) groups excluding carboxylic acids is 1. The number of piperidine rings is 3. The molecular formula is C30H36N4O. The summed E-state index contributed by atoms with van der Waals surface area (Å²) in [5, 5.41) is 7.92. The van der Waals surface area contributed by atoms with Crippen LogP contribution >= 0.6 is 0 Å². The molecule has 7 unspecified atom stereocenters. The maximum atomic E-state index is 13.8. The summed E-state index contributed by atoms with van der Waals surface area (Å²) in [6.07, 6.45) is 9.68. The number of hydrogen-bond acceptors (Lipinski definition) is 5. The molecule has 0 saturated carbocycles. The van der Waals surface area contributed by atoms with Gasteiger partial charge in [-0.25, -0.2) is 0 Å². The molecule has 0 radical (unpaired) electrons. The van der Waals surface area contributed by atoms with Gasteiger partial charge in [-0.15, -0.1) is 0 Å². The predicted molar refractivity (Wildman–Crippen MR) is 139 cm³/mol. The Morgan fingerprint density at radius 2 is 1.74 bits per heavy atom. The van der Waals surface area contributed by atoms with Gasteiger partial charge in [0, 0.05) is 41.1 Å². The molecular weight excluding hydrogens is 432 g/mol. The Kier molecular flexibility index (Phi) is 5.16. The van der Waals surface area contributed by atoms with Crippen molar-refractivity contribution in [3.8, 4) is 0 Å². The lowest BCUT2D eigenvalue weighted by molar-refractivity contribution is -0.0647. The Morgan fingerprint density at radius 1 is 0.943 bits per heavy atom. The normalized spacial score (nSPS) is 38.4. The average Bonchev–Trinajstić information content (AvgIpc) is 2.92. The number of carbonyl (C=O) groups is 1. The highest BCUT2D eigenvalue weighted by Gasteiger charge is 2.67. The molecule has 0 amide bonds. The Hall–Kier alpha value is -2.47. The molecule has 3 fully saturated rings. The summed E-state index contributed by atoms with van der Waals surface area (Å²) in [5.74, 6) is 1.07. The number of benzene rings is 2. The van der Waals surface area contributed by atoms with Crippen molar-refractivity contribution in [1.82, 2.24) is 15.5 Å². The first-order valence-electron chi connectivity index (χ1n) is 13.5. The number of nitrogens with one attached hydrogen (secondary N) is 2. The zero-order valence-corrected chi connectivity index (χ0v) is 20.6. The van der Waals surface area contributed by atoms with E-state index in [4.69, 9.17) is 0 Å². The number of anilines is 1. The van der Waals surface area contributed by atoms with Crippen LogP contribution in [0.3, 0.4) is 0 Å². The highest BCUT2D eigenvalue weighted by atomic mass is 16.1. The molecule has 1 spiro atoms. The second-order valence-electron chi connectivity index (χ2n) is 11.2. The standard InChI is InChI=1S/C30H36N4O/c1-33-19-9-16-25-29(33)34(20-10-3-2-4-11-20)28-24(15-8-18-32-28)30(25)23-14-6-5-12-21(23)26(35)22-13-7-17-31-27(22)30/h2-7,10-14,22,24-25,27-29,31-32H,8-9,15-19H2,1H3. The Labute approximate surface area is 208 Å². The predicted octanol–water partition coefficient (Wildman–Crippen LogP) is 3.78. The highest BCUT2D eigenvalue weighted by molar-refractivity contribution is 6.03. The van der Waals surface area contributed by atoms with Crippen molar-refractivity contribution in [1.29, 1.82) is 0 Å². The number of ketones is 1. The molecule has 182 valence electrons. The lowest BCUT2D eigenvalue weighted by atomic mass is 9.46. The minimum absolute atomic E-state index is 0.0858. The van der Waals surface area contributed by atoms with E-state index in [1.54, 1.807) is 0 Å². The van der Waals surface area contributed by atoms with Gasteiger partial charge in [0.05, 0.1) is 18.2 Å². The first-order valence-corrected chi connectivity index (χ1v) is 13.5. The first kappa shape index (κ1) is 21.8. The molecule has 4 aliphatic heterocycles. The van der Waals surface area contributed by atoms with Gasteiger partial charge in [-0.2, -0.15) is 0 Å². The summed E-state index contributed by atoms with van der Waals surface area (Å²) >= 11 is 0. The van der Waals surface area contributed by atoms with Gasteiger partial charge in [0.2, 0.25) is 0 Å². The fraction of sp³-hybridized carbons (Fsp3) is 0.500. The lowest BCUT2D eigenvalue weighted by Gasteiger charge is -2.69. The molecule has 5 nitrogen and oxygen atoms in total. The molecule has 7 atom stereocenters. The Balaban J connectivity index is 1.51. The van der Waals surface area contributed by atoms with Crippen LogP contribution in [0, 0.1) is 17.8 Å². The van der Waals surface area contributed by atoms with E-state index in [0.717, 1.165) is 25.2 Å². The monoisotopic (exact) mass is 468 g/mol. The summed E-state index contributed by atoms with van der Waals surface area (Å²) in [6.45, 7) is 3.00. The van der Waals surface area contributed by atoms with Crippen LogP contribution in [-0.2, 0) is 5.41 Å². The summed E-state index contributed by atoms with van der Waals surface area (Å²) in [5.41, 5.74) is 3.49. The molecule has 2 aromatic rings.